The number of carboxylic acids is 2. The number of non-ortho nitro benzene ring substituents is 1. The molecule has 4 unspecified atom stereocenters. The molecule has 4 atom stereocenters. The van der Waals surface area contributed by atoms with E-state index in [1.165, 1.54) is 18.2 Å². The van der Waals surface area contributed by atoms with Crippen molar-refractivity contribution >= 4 is 46.1 Å². The van der Waals surface area contributed by atoms with Crippen LogP contribution in [-0.2, 0) is 19.2 Å². The number of carboxylic acid groups (broad SMARTS) is 2. The van der Waals surface area contributed by atoms with Gasteiger partial charge in [0.2, 0.25) is 11.8 Å². The largest absolute Gasteiger partial charge is 0.481 e. The molecule has 35 heavy (non-hydrogen) atoms. The van der Waals surface area contributed by atoms with E-state index in [1.54, 1.807) is 30.3 Å². The maximum absolute atomic E-state index is 13.6. The lowest BCUT2D eigenvalue weighted by atomic mass is 9.78. The van der Waals surface area contributed by atoms with Gasteiger partial charge in [-0.3, -0.25) is 34.6 Å². The molecule has 12 nitrogen and oxygen atoms in total. The number of aliphatic carboxylic acids is 2. The summed E-state index contributed by atoms with van der Waals surface area (Å²) in [7, 11) is 0. The highest BCUT2D eigenvalue weighted by molar-refractivity contribution is 6.24. The molecule has 2 aromatic carbocycles. The fraction of sp³-hybridized carbons (Fsp3) is 0.217. The number of para-hydroxylation sites is 1. The Bertz CT molecular complexity index is 1400. The Morgan fingerprint density at radius 2 is 1.83 bits per heavy atom. The van der Waals surface area contributed by atoms with Gasteiger partial charge in [0, 0.05) is 17.5 Å². The Kier molecular flexibility index (Phi) is 4.91. The van der Waals surface area contributed by atoms with Gasteiger partial charge in [0.25, 0.3) is 5.69 Å². The monoisotopic (exact) mass is 479 g/mol. The maximum Gasteiger partial charge on any atom is 0.325 e. The summed E-state index contributed by atoms with van der Waals surface area (Å²) < 4.78 is 5.84. The van der Waals surface area contributed by atoms with E-state index in [2.05, 4.69) is 5.32 Å². The molecule has 2 saturated heterocycles. The fourth-order valence-electron chi connectivity index (χ4n) is 5.08. The van der Waals surface area contributed by atoms with Gasteiger partial charge in [0.15, 0.2) is 0 Å². The number of furan rings is 1. The van der Waals surface area contributed by atoms with E-state index in [0.717, 1.165) is 6.07 Å². The van der Waals surface area contributed by atoms with E-state index in [0.29, 0.717) is 15.9 Å². The summed E-state index contributed by atoms with van der Waals surface area (Å²) in [6.45, 7) is 0. The Morgan fingerprint density at radius 1 is 1.09 bits per heavy atom. The lowest BCUT2D eigenvalue weighted by molar-refractivity contribution is -0.384. The molecule has 2 fully saturated rings. The van der Waals surface area contributed by atoms with Gasteiger partial charge in [-0.15, -0.1) is 0 Å². The standard InChI is InChI=1S/C23H17N3O9/c27-16(28)10-23(22(31)32)18-17(19(24-23)15-8-11-4-1-2-7-14(11)35-15)20(29)25(21(18)30)12-5-3-6-13(9-12)26(33)34/h1-9,17-19,24H,10H2,(H,27,28)(H,31,32). The second-order valence-corrected chi connectivity index (χ2v) is 8.45. The van der Waals surface area contributed by atoms with Crippen molar-refractivity contribution in [1.29, 1.82) is 0 Å². The Balaban J connectivity index is 1.67. The molecule has 2 aliphatic rings. The second-order valence-electron chi connectivity index (χ2n) is 8.45. The average Bonchev–Trinajstić information content (AvgIpc) is 3.45. The van der Waals surface area contributed by atoms with Gasteiger partial charge in [-0.25, -0.2) is 4.90 Å². The summed E-state index contributed by atoms with van der Waals surface area (Å²) >= 11 is 0. The van der Waals surface area contributed by atoms with E-state index < -0.39 is 58.5 Å². The van der Waals surface area contributed by atoms with Gasteiger partial charge in [0.05, 0.1) is 34.9 Å². The molecule has 0 radical (unpaired) electrons. The molecule has 3 aromatic rings. The van der Waals surface area contributed by atoms with Crippen molar-refractivity contribution in [2.75, 3.05) is 4.90 Å². The van der Waals surface area contributed by atoms with E-state index in [-0.39, 0.29) is 17.1 Å². The predicted molar refractivity (Wildman–Crippen MR) is 117 cm³/mol. The van der Waals surface area contributed by atoms with Crippen LogP contribution >= 0.6 is 0 Å². The Morgan fingerprint density at radius 3 is 2.49 bits per heavy atom. The van der Waals surface area contributed by atoms with E-state index in [9.17, 15) is 39.5 Å². The third-order valence-electron chi connectivity index (χ3n) is 6.52. The number of rotatable bonds is 6. The summed E-state index contributed by atoms with van der Waals surface area (Å²) in [4.78, 5) is 62.5. The van der Waals surface area contributed by atoms with E-state index in [4.69, 9.17) is 4.42 Å². The molecule has 3 heterocycles. The molecular formula is C23H17N3O9. The van der Waals surface area contributed by atoms with Crippen molar-refractivity contribution in [1.82, 2.24) is 5.32 Å². The molecule has 0 aliphatic carbocycles. The number of benzene rings is 2. The van der Waals surface area contributed by atoms with Crippen LogP contribution in [0, 0.1) is 22.0 Å². The highest BCUT2D eigenvalue weighted by Gasteiger charge is 2.70. The highest BCUT2D eigenvalue weighted by Crippen LogP contribution is 2.51. The molecule has 3 N–H and O–H groups in total. The number of amides is 2. The van der Waals surface area contributed by atoms with Gasteiger partial charge in [-0.1, -0.05) is 24.3 Å². The SMILES string of the molecule is O=C(O)CC1(C(=O)O)NC(c2cc3ccccc3o2)C2C(=O)N(c3cccc([N+](=O)[O-])c3)C(=O)C21. The van der Waals surface area contributed by atoms with Gasteiger partial charge in [0.1, 0.15) is 16.9 Å². The summed E-state index contributed by atoms with van der Waals surface area (Å²) in [6.07, 6.45) is -0.984. The fourth-order valence-corrected chi connectivity index (χ4v) is 5.08. The molecule has 5 rings (SSSR count). The van der Waals surface area contributed by atoms with Crippen LogP contribution in [0.25, 0.3) is 11.0 Å². The van der Waals surface area contributed by atoms with Crippen LogP contribution in [0.15, 0.2) is 59.0 Å². The number of fused-ring (bicyclic) bond motifs is 2. The first-order valence-electron chi connectivity index (χ1n) is 10.5. The zero-order valence-corrected chi connectivity index (χ0v) is 17.8. The summed E-state index contributed by atoms with van der Waals surface area (Å²) in [5, 5.41) is 34.2. The van der Waals surface area contributed by atoms with Crippen molar-refractivity contribution < 1.29 is 38.7 Å². The third kappa shape index (κ3) is 3.26. The van der Waals surface area contributed by atoms with Crippen molar-refractivity contribution in [3.05, 3.63) is 70.5 Å². The van der Waals surface area contributed by atoms with Crippen molar-refractivity contribution in [3.63, 3.8) is 0 Å². The molecule has 2 aliphatic heterocycles. The quantitative estimate of drug-likeness (QED) is 0.269. The summed E-state index contributed by atoms with van der Waals surface area (Å²) in [6, 6.07) is 12.2. The maximum atomic E-state index is 13.6. The van der Waals surface area contributed by atoms with Crippen molar-refractivity contribution in [2.24, 2.45) is 11.8 Å². The lowest BCUT2D eigenvalue weighted by Crippen LogP contribution is -2.57. The number of anilines is 1. The summed E-state index contributed by atoms with van der Waals surface area (Å²) in [5.41, 5.74) is -2.34. The number of nitrogens with one attached hydrogen (secondary N) is 1. The topological polar surface area (TPSA) is 180 Å². The zero-order chi connectivity index (χ0) is 25.1. The molecule has 0 saturated carbocycles. The van der Waals surface area contributed by atoms with Crippen LogP contribution in [0.3, 0.4) is 0 Å². The van der Waals surface area contributed by atoms with Crippen LogP contribution in [0.4, 0.5) is 11.4 Å². The minimum Gasteiger partial charge on any atom is -0.481 e. The smallest absolute Gasteiger partial charge is 0.325 e. The lowest BCUT2D eigenvalue weighted by Gasteiger charge is -2.29. The number of carbonyl (C=O) groups excluding carboxylic acids is 2. The first-order valence-corrected chi connectivity index (χ1v) is 10.5. The second kappa shape index (κ2) is 7.74. The average molecular weight is 479 g/mol. The van der Waals surface area contributed by atoms with Crippen LogP contribution in [0.1, 0.15) is 18.2 Å². The van der Waals surface area contributed by atoms with Crippen LogP contribution < -0.4 is 10.2 Å². The molecule has 0 spiro atoms. The van der Waals surface area contributed by atoms with Gasteiger partial charge < -0.3 is 14.6 Å². The number of imide groups is 1. The molecule has 12 heteroatoms. The van der Waals surface area contributed by atoms with E-state index in [1.807, 2.05) is 0 Å². The first-order chi connectivity index (χ1) is 16.6. The predicted octanol–water partition coefficient (Wildman–Crippen LogP) is 2.09. The van der Waals surface area contributed by atoms with Crippen LogP contribution in [0.2, 0.25) is 0 Å². The van der Waals surface area contributed by atoms with E-state index >= 15 is 0 Å². The number of nitro benzene ring substituents is 1. The molecule has 0 bridgehead atoms. The minimum atomic E-state index is -2.32. The third-order valence-corrected chi connectivity index (χ3v) is 6.52. The number of nitro groups is 1. The number of nitrogens with zero attached hydrogens (tertiary/aromatic N) is 2. The van der Waals surface area contributed by atoms with Crippen molar-refractivity contribution in [3.8, 4) is 0 Å². The Labute approximate surface area is 195 Å². The zero-order valence-electron chi connectivity index (χ0n) is 17.8. The molecule has 2 amide bonds. The number of hydrogen-bond donors (Lipinski definition) is 3. The van der Waals surface area contributed by atoms with Gasteiger partial charge in [-0.05, 0) is 18.2 Å². The molecule has 1 aromatic heterocycles. The number of hydrogen-bond acceptors (Lipinski definition) is 8. The molecule has 178 valence electrons. The van der Waals surface area contributed by atoms with Crippen LogP contribution in [0.5, 0.6) is 0 Å². The normalized spacial score (nSPS) is 25.7. The number of carbonyl (C=O) groups is 4. The van der Waals surface area contributed by atoms with Gasteiger partial charge >= 0.3 is 11.9 Å². The van der Waals surface area contributed by atoms with Crippen LogP contribution in [-0.4, -0.2) is 44.4 Å². The first kappa shape index (κ1) is 22.2. The Hall–Kier alpha value is -4.58. The van der Waals surface area contributed by atoms with Gasteiger partial charge in [-0.2, -0.15) is 0 Å². The highest BCUT2D eigenvalue weighted by atomic mass is 16.6. The molecular weight excluding hydrogens is 462 g/mol. The summed E-state index contributed by atoms with van der Waals surface area (Å²) in [5.74, 6) is -7.63. The van der Waals surface area contributed by atoms with Crippen molar-refractivity contribution in [2.45, 2.75) is 18.0 Å². The minimum absolute atomic E-state index is 0.110.